The lowest BCUT2D eigenvalue weighted by atomic mass is 9.94. The molecule has 1 heterocycles. The minimum atomic E-state index is -0.905. The highest BCUT2D eigenvalue weighted by Crippen LogP contribution is 2.33. The zero-order valence-electron chi connectivity index (χ0n) is 10.3. The summed E-state index contributed by atoms with van der Waals surface area (Å²) in [5.41, 5.74) is 0. The van der Waals surface area contributed by atoms with Crippen LogP contribution < -0.4 is 0 Å². The van der Waals surface area contributed by atoms with Crippen molar-refractivity contribution in [3.8, 4) is 0 Å². The van der Waals surface area contributed by atoms with E-state index in [1.165, 1.54) is 0 Å². The number of hydrogen-bond donors (Lipinski definition) is 1. The maximum absolute atomic E-state index is 8.98. The minimum Gasteiger partial charge on any atom is -0.342 e. The van der Waals surface area contributed by atoms with Crippen LogP contribution in [-0.4, -0.2) is 29.7 Å². The fourth-order valence-electron chi connectivity index (χ4n) is 2.16. The quantitative estimate of drug-likeness (QED) is 0.467. The summed E-state index contributed by atoms with van der Waals surface area (Å²) in [5, 5.41) is 8.98. The number of hydrogen-bond acceptors (Lipinski definition) is 6. The zero-order valence-corrected chi connectivity index (χ0v) is 10.3. The van der Waals surface area contributed by atoms with Crippen molar-refractivity contribution < 1.29 is 29.4 Å². The third-order valence-corrected chi connectivity index (χ3v) is 3.04. The molecular weight excluding hydrogens is 228 g/mol. The predicted octanol–water partition coefficient (Wildman–Crippen LogP) is 2.19. The highest BCUT2D eigenvalue weighted by molar-refractivity contribution is 4.74. The van der Waals surface area contributed by atoms with Gasteiger partial charge in [-0.1, -0.05) is 6.42 Å². The first-order valence-electron chi connectivity index (χ1n) is 6.04. The van der Waals surface area contributed by atoms with E-state index in [1.54, 1.807) is 13.8 Å². The third kappa shape index (κ3) is 3.37. The molecule has 1 aliphatic heterocycles. The second kappa shape index (κ2) is 5.17. The molecular formula is C11H20O6. The lowest BCUT2D eigenvalue weighted by Gasteiger charge is -2.34. The zero-order chi connectivity index (χ0) is 12.4. The Morgan fingerprint density at radius 1 is 1.24 bits per heavy atom. The van der Waals surface area contributed by atoms with E-state index in [9.17, 15) is 0 Å². The molecule has 17 heavy (non-hydrogen) atoms. The van der Waals surface area contributed by atoms with Gasteiger partial charge < -0.3 is 9.47 Å². The second-order valence-corrected chi connectivity index (χ2v) is 5.00. The molecule has 100 valence electrons. The standard InChI is InChI=1S/C11H20O6/c1-10(2)14-9(15-17-10)8-13-11(16-12)6-4-3-5-7-11/h9,12H,3-8H2,1-2H3. The van der Waals surface area contributed by atoms with Crippen LogP contribution in [0, 0.1) is 0 Å². The largest absolute Gasteiger partial charge is 0.342 e. The average Bonchev–Trinajstić information content (AvgIpc) is 2.68. The van der Waals surface area contributed by atoms with Gasteiger partial charge >= 0.3 is 0 Å². The van der Waals surface area contributed by atoms with Gasteiger partial charge in [-0.2, -0.15) is 9.78 Å². The lowest BCUT2D eigenvalue weighted by molar-refractivity contribution is -0.420. The highest BCUT2D eigenvalue weighted by Gasteiger charge is 2.39. The van der Waals surface area contributed by atoms with E-state index in [4.69, 9.17) is 24.5 Å². The first kappa shape index (κ1) is 13.2. The van der Waals surface area contributed by atoms with Crippen LogP contribution in [-0.2, 0) is 24.1 Å². The molecule has 0 aromatic heterocycles. The molecule has 2 rings (SSSR count). The maximum Gasteiger partial charge on any atom is 0.217 e. The Morgan fingerprint density at radius 2 is 1.94 bits per heavy atom. The molecule has 6 heteroatoms. The van der Waals surface area contributed by atoms with E-state index >= 15 is 0 Å². The van der Waals surface area contributed by atoms with Gasteiger partial charge in [0.1, 0.15) is 6.61 Å². The van der Waals surface area contributed by atoms with Gasteiger partial charge in [0.2, 0.25) is 12.1 Å². The molecule has 1 saturated carbocycles. The minimum absolute atomic E-state index is 0.171. The Morgan fingerprint density at radius 3 is 2.47 bits per heavy atom. The molecule has 1 unspecified atom stereocenters. The molecule has 1 saturated heterocycles. The Kier molecular flexibility index (Phi) is 4.02. The van der Waals surface area contributed by atoms with E-state index in [0.29, 0.717) is 12.8 Å². The van der Waals surface area contributed by atoms with Crippen LogP contribution in [0.5, 0.6) is 0 Å². The van der Waals surface area contributed by atoms with Crippen LogP contribution in [0.4, 0.5) is 0 Å². The van der Waals surface area contributed by atoms with Crippen molar-refractivity contribution in [1.29, 1.82) is 0 Å². The Balaban J connectivity index is 1.80. The fourth-order valence-corrected chi connectivity index (χ4v) is 2.16. The summed E-state index contributed by atoms with van der Waals surface area (Å²) in [6, 6.07) is 0. The van der Waals surface area contributed by atoms with Crippen LogP contribution in [0.2, 0.25) is 0 Å². The normalized spacial score (nSPS) is 31.6. The number of rotatable bonds is 4. The van der Waals surface area contributed by atoms with Crippen LogP contribution in [0.3, 0.4) is 0 Å². The summed E-state index contributed by atoms with van der Waals surface area (Å²) in [5.74, 6) is -1.66. The van der Waals surface area contributed by atoms with Gasteiger partial charge in [0.05, 0.1) is 0 Å². The lowest BCUT2D eigenvalue weighted by Crippen LogP contribution is -2.40. The van der Waals surface area contributed by atoms with E-state index in [0.717, 1.165) is 19.3 Å². The summed E-state index contributed by atoms with van der Waals surface area (Å²) < 4.78 is 11.0. The van der Waals surface area contributed by atoms with Crippen LogP contribution in [0.1, 0.15) is 46.0 Å². The fraction of sp³-hybridized carbons (Fsp3) is 1.00. The molecule has 0 radical (unpaired) electrons. The summed E-state index contributed by atoms with van der Waals surface area (Å²) in [6.45, 7) is 3.68. The molecule has 1 N–H and O–H groups in total. The molecule has 1 atom stereocenters. The molecule has 0 bridgehead atoms. The topological polar surface area (TPSA) is 66.4 Å². The Labute approximate surface area is 101 Å². The van der Waals surface area contributed by atoms with Crippen LogP contribution in [0.15, 0.2) is 0 Å². The summed E-state index contributed by atoms with van der Waals surface area (Å²) in [7, 11) is 0. The van der Waals surface area contributed by atoms with Crippen molar-refractivity contribution in [2.45, 2.75) is 63.8 Å². The molecule has 2 aliphatic rings. The van der Waals surface area contributed by atoms with E-state index in [1.807, 2.05) is 0 Å². The number of ether oxygens (including phenoxy) is 2. The van der Waals surface area contributed by atoms with E-state index in [2.05, 4.69) is 4.89 Å². The predicted molar refractivity (Wildman–Crippen MR) is 56.6 cm³/mol. The average molecular weight is 248 g/mol. The first-order chi connectivity index (χ1) is 8.05. The van der Waals surface area contributed by atoms with Gasteiger partial charge in [-0.15, -0.1) is 0 Å². The molecule has 0 aromatic carbocycles. The van der Waals surface area contributed by atoms with Gasteiger partial charge in [0.15, 0.2) is 5.79 Å². The molecule has 2 fully saturated rings. The van der Waals surface area contributed by atoms with Gasteiger partial charge in [-0.05, 0) is 26.7 Å². The molecule has 0 amide bonds. The van der Waals surface area contributed by atoms with E-state index < -0.39 is 17.9 Å². The van der Waals surface area contributed by atoms with Gasteiger partial charge in [-0.3, -0.25) is 0 Å². The highest BCUT2D eigenvalue weighted by atomic mass is 17.3. The summed E-state index contributed by atoms with van der Waals surface area (Å²) in [6.07, 6.45) is 3.88. The second-order valence-electron chi connectivity index (χ2n) is 5.00. The van der Waals surface area contributed by atoms with Crippen molar-refractivity contribution in [2.24, 2.45) is 0 Å². The van der Waals surface area contributed by atoms with Crippen LogP contribution >= 0.6 is 0 Å². The maximum atomic E-state index is 8.98. The third-order valence-electron chi connectivity index (χ3n) is 3.04. The van der Waals surface area contributed by atoms with Crippen molar-refractivity contribution in [3.63, 3.8) is 0 Å². The summed E-state index contributed by atoms with van der Waals surface area (Å²) >= 11 is 0. The Hall–Kier alpha value is -0.240. The van der Waals surface area contributed by atoms with E-state index in [-0.39, 0.29) is 6.61 Å². The monoisotopic (exact) mass is 248 g/mol. The first-order valence-corrected chi connectivity index (χ1v) is 6.04. The van der Waals surface area contributed by atoms with Crippen molar-refractivity contribution in [3.05, 3.63) is 0 Å². The molecule has 1 aliphatic carbocycles. The smallest absolute Gasteiger partial charge is 0.217 e. The van der Waals surface area contributed by atoms with Gasteiger partial charge in [0.25, 0.3) is 0 Å². The molecule has 0 spiro atoms. The van der Waals surface area contributed by atoms with Gasteiger partial charge in [-0.25, -0.2) is 10.1 Å². The van der Waals surface area contributed by atoms with Crippen molar-refractivity contribution in [1.82, 2.24) is 0 Å². The van der Waals surface area contributed by atoms with Crippen molar-refractivity contribution >= 4 is 0 Å². The molecule has 0 aromatic rings. The SMILES string of the molecule is CC1(C)OOC(COC2(OO)CCCCC2)O1. The van der Waals surface area contributed by atoms with Gasteiger partial charge in [0, 0.05) is 12.8 Å². The summed E-state index contributed by atoms with van der Waals surface area (Å²) in [4.78, 5) is 14.4. The van der Waals surface area contributed by atoms with Crippen LogP contribution in [0.25, 0.3) is 0 Å². The Bertz CT molecular complexity index is 248. The molecule has 6 nitrogen and oxygen atoms in total. The van der Waals surface area contributed by atoms with Crippen molar-refractivity contribution in [2.75, 3.05) is 6.61 Å².